The Kier molecular flexibility index (Phi) is 3.93. The first-order valence-electron chi connectivity index (χ1n) is 2.96. The molecule has 0 rings (SSSR count). The van der Waals surface area contributed by atoms with Crippen molar-refractivity contribution in [3.63, 3.8) is 0 Å². The fourth-order valence-corrected chi connectivity index (χ4v) is 1.22. The summed E-state index contributed by atoms with van der Waals surface area (Å²) in [6.07, 6.45) is 0. The molecule has 0 aliphatic heterocycles. The minimum Gasteiger partial charge on any atom is -0.526 e. The van der Waals surface area contributed by atoms with Crippen LogP contribution in [0.15, 0.2) is 0 Å². The first-order chi connectivity index (χ1) is 4.54. The Bertz CT molecular complexity index is 126. The van der Waals surface area contributed by atoms with Gasteiger partial charge < -0.3 is 9.16 Å². The van der Waals surface area contributed by atoms with E-state index in [2.05, 4.69) is 4.43 Å². The van der Waals surface area contributed by atoms with Crippen molar-refractivity contribution in [2.75, 3.05) is 6.61 Å². The second-order valence-electron chi connectivity index (χ2n) is 1.84. The lowest BCUT2D eigenvalue weighted by Crippen LogP contribution is -2.33. The van der Waals surface area contributed by atoms with Gasteiger partial charge in [-0.2, -0.15) is 0 Å². The van der Waals surface area contributed by atoms with E-state index in [-0.39, 0.29) is 0 Å². The van der Waals surface area contributed by atoms with Crippen molar-refractivity contribution < 1.29 is 14.0 Å². The van der Waals surface area contributed by atoms with Crippen molar-refractivity contribution in [1.29, 1.82) is 0 Å². The average Bonchev–Trinajstić information content (AvgIpc) is 1.86. The molecule has 0 aromatic heterocycles. The lowest BCUT2D eigenvalue weighted by atomic mass is 10.4. The van der Waals surface area contributed by atoms with Crippen LogP contribution >= 0.6 is 11.6 Å². The highest BCUT2D eigenvalue weighted by molar-refractivity contribution is 6.33. The van der Waals surface area contributed by atoms with Gasteiger partial charge in [0.2, 0.25) is 15.5 Å². The van der Waals surface area contributed by atoms with Gasteiger partial charge in [0.15, 0.2) is 0 Å². The van der Waals surface area contributed by atoms with Gasteiger partial charge in [0, 0.05) is 6.61 Å². The fourth-order valence-electron chi connectivity index (χ4n) is 0.512. The van der Waals surface area contributed by atoms with Crippen LogP contribution in [0.3, 0.4) is 0 Å². The van der Waals surface area contributed by atoms with E-state index >= 15 is 0 Å². The minimum absolute atomic E-state index is 0.347. The first-order valence-corrected chi connectivity index (χ1v) is 4.15. The maximum absolute atomic E-state index is 10.8. The maximum Gasteiger partial charge on any atom is 0.340 e. The molecule has 5 heteroatoms. The SMILES string of the molecule is CCOC(C)(Cl)C(=O)O[SiH3]. The molecule has 0 heterocycles. The molecular formula is C5H11ClO3Si. The smallest absolute Gasteiger partial charge is 0.340 e. The van der Waals surface area contributed by atoms with E-state index in [1.54, 1.807) is 6.92 Å². The Morgan fingerprint density at radius 2 is 2.30 bits per heavy atom. The molecule has 0 bridgehead atoms. The molecule has 0 fully saturated rings. The van der Waals surface area contributed by atoms with Crippen molar-refractivity contribution in [2.45, 2.75) is 18.9 Å². The molecule has 1 atom stereocenters. The average molecular weight is 183 g/mol. The lowest BCUT2D eigenvalue weighted by molar-refractivity contribution is -0.149. The Labute approximate surface area is 68.2 Å². The Morgan fingerprint density at radius 3 is 2.60 bits per heavy atom. The number of rotatable bonds is 3. The van der Waals surface area contributed by atoms with E-state index in [4.69, 9.17) is 16.3 Å². The van der Waals surface area contributed by atoms with Crippen molar-refractivity contribution in [3.8, 4) is 0 Å². The van der Waals surface area contributed by atoms with Crippen LogP contribution in [0.4, 0.5) is 0 Å². The van der Waals surface area contributed by atoms with Crippen LogP contribution < -0.4 is 0 Å². The third-order valence-electron chi connectivity index (χ3n) is 0.965. The predicted octanol–water partition coefficient (Wildman–Crippen LogP) is -0.198. The van der Waals surface area contributed by atoms with Crippen LogP contribution in [0, 0.1) is 0 Å². The second-order valence-corrected chi connectivity index (χ2v) is 2.97. The number of alkyl halides is 1. The summed E-state index contributed by atoms with van der Waals surface area (Å²) in [7, 11) is 0.347. The molecule has 3 nitrogen and oxygen atoms in total. The van der Waals surface area contributed by atoms with E-state index in [0.29, 0.717) is 17.1 Å². The molecular weight excluding hydrogens is 172 g/mol. The number of ether oxygens (including phenoxy) is 1. The van der Waals surface area contributed by atoms with Gasteiger partial charge in [-0.15, -0.1) is 0 Å². The molecule has 0 aromatic rings. The molecule has 0 saturated carbocycles. The Hall–Kier alpha value is -0.0631. The van der Waals surface area contributed by atoms with Gasteiger partial charge in [0.25, 0.3) is 0 Å². The highest BCUT2D eigenvalue weighted by Crippen LogP contribution is 2.16. The van der Waals surface area contributed by atoms with Crippen molar-refractivity contribution in [1.82, 2.24) is 0 Å². The summed E-state index contributed by atoms with van der Waals surface area (Å²) in [5, 5.41) is -1.30. The van der Waals surface area contributed by atoms with Gasteiger partial charge in [-0.3, -0.25) is 0 Å². The van der Waals surface area contributed by atoms with Crippen LogP contribution in [-0.4, -0.2) is 28.1 Å². The lowest BCUT2D eigenvalue weighted by Gasteiger charge is -2.18. The number of carbonyl (C=O) groups excluding carboxylic acids is 1. The summed E-state index contributed by atoms with van der Waals surface area (Å²) in [4.78, 5) is 10.8. The molecule has 0 spiro atoms. The summed E-state index contributed by atoms with van der Waals surface area (Å²) < 4.78 is 9.41. The van der Waals surface area contributed by atoms with Crippen LogP contribution in [0.2, 0.25) is 0 Å². The molecule has 0 aromatic carbocycles. The van der Waals surface area contributed by atoms with Crippen LogP contribution in [0.1, 0.15) is 13.8 Å². The maximum atomic E-state index is 10.8. The zero-order valence-corrected chi connectivity index (χ0v) is 9.07. The standard InChI is InChI=1S/C5H11ClO3Si/c1-3-8-5(2,6)4(7)9-10/h3H2,1-2,10H3. The van der Waals surface area contributed by atoms with Gasteiger partial charge >= 0.3 is 5.97 Å². The van der Waals surface area contributed by atoms with Crippen molar-refractivity contribution >= 4 is 28.1 Å². The highest BCUT2D eigenvalue weighted by Gasteiger charge is 2.31. The van der Waals surface area contributed by atoms with Gasteiger partial charge in [-0.05, 0) is 13.8 Å². The third kappa shape index (κ3) is 2.68. The van der Waals surface area contributed by atoms with Crippen molar-refractivity contribution in [2.24, 2.45) is 0 Å². The number of hydrogen-bond donors (Lipinski definition) is 0. The number of hydrogen-bond acceptors (Lipinski definition) is 3. The van der Waals surface area contributed by atoms with Crippen LogP contribution in [-0.2, 0) is 14.0 Å². The topological polar surface area (TPSA) is 35.5 Å². The van der Waals surface area contributed by atoms with Gasteiger partial charge in [-0.1, -0.05) is 11.6 Å². The van der Waals surface area contributed by atoms with E-state index in [0.717, 1.165) is 0 Å². The third-order valence-corrected chi connectivity index (χ3v) is 1.60. The molecule has 10 heavy (non-hydrogen) atoms. The largest absolute Gasteiger partial charge is 0.526 e. The second kappa shape index (κ2) is 3.95. The Morgan fingerprint density at radius 1 is 1.80 bits per heavy atom. The zero-order valence-electron chi connectivity index (χ0n) is 6.31. The monoisotopic (exact) mass is 182 g/mol. The number of carbonyl (C=O) groups is 1. The van der Waals surface area contributed by atoms with Crippen LogP contribution in [0.5, 0.6) is 0 Å². The molecule has 1 unspecified atom stereocenters. The van der Waals surface area contributed by atoms with Crippen LogP contribution in [0.25, 0.3) is 0 Å². The normalized spacial score (nSPS) is 16.3. The summed E-state index contributed by atoms with van der Waals surface area (Å²) in [5.74, 6) is -0.511. The van der Waals surface area contributed by atoms with Gasteiger partial charge in [0.1, 0.15) is 0 Å². The minimum atomic E-state index is -1.30. The van der Waals surface area contributed by atoms with Gasteiger partial charge in [0.05, 0.1) is 0 Å². The number of halogens is 1. The Balaban J connectivity index is 3.96. The fraction of sp³-hybridized carbons (Fsp3) is 0.800. The quantitative estimate of drug-likeness (QED) is 0.448. The first kappa shape index (κ1) is 9.94. The molecule has 0 amide bonds. The predicted molar refractivity (Wildman–Crippen MR) is 41.9 cm³/mol. The summed E-state index contributed by atoms with van der Waals surface area (Å²) in [6.45, 7) is 3.63. The van der Waals surface area contributed by atoms with E-state index in [1.807, 2.05) is 0 Å². The molecule has 0 aliphatic rings. The molecule has 0 saturated heterocycles. The molecule has 0 N–H and O–H groups in total. The van der Waals surface area contributed by atoms with Crippen molar-refractivity contribution in [3.05, 3.63) is 0 Å². The zero-order chi connectivity index (χ0) is 8.20. The van der Waals surface area contributed by atoms with E-state index in [9.17, 15) is 4.79 Å². The summed E-state index contributed by atoms with van der Waals surface area (Å²) >= 11 is 5.61. The molecule has 0 aliphatic carbocycles. The molecule has 60 valence electrons. The van der Waals surface area contributed by atoms with E-state index in [1.165, 1.54) is 6.92 Å². The molecule has 0 radical (unpaired) electrons. The highest BCUT2D eigenvalue weighted by atomic mass is 35.5. The van der Waals surface area contributed by atoms with E-state index < -0.39 is 11.0 Å². The summed E-state index contributed by atoms with van der Waals surface area (Å²) in [5.41, 5.74) is 0. The van der Waals surface area contributed by atoms with Gasteiger partial charge in [-0.25, -0.2) is 4.79 Å². The summed E-state index contributed by atoms with van der Waals surface area (Å²) in [6, 6.07) is 0.